The molecule has 0 unspecified atom stereocenters. The van der Waals surface area contributed by atoms with Crippen molar-refractivity contribution in [2.45, 2.75) is 0 Å². The van der Waals surface area contributed by atoms with Crippen molar-refractivity contribution < 1.29 is 0 Å². The van der Waals surface area contributed by atoms with E-state index in [1.165, 1.54) is 3.57 Å². The highest BCUT2D eigenvalue weighted by Crippen LogP contribution is 2.21. The summed E-state index contributed by atoms with van der Waals surface area (Å²) in [7, 11) is 0. The molecule has 2 rings (SSSR count). The van der Waals surface area contributed by atoms with E-state index in [4.69, 9.17) is 5.73 Å². The van der Waals surface area contributed by atoms with Crippen LogP contribution < -0.4 is 5.73 Å². The number of rotatable bonds is 0. The fraction of sp³-hybridized carbons (Fsp3) is 0. The molecule has 0 bridgehead atoms. The van der Waals surface area contributed by atoms with E-state index in [1.54, 1.807) is 0 Å². The van der Waals surface area contributed by atoms with E-state index >= 15 is 0 Å². The summed E-state index contributed by atoms with van der Waals surface area (Å²) in [6, 6.07) is 8.21. The summed E-state index contributed by atoms with van der Waals surface area (Å²) in [6.45, 7) is 0. The van der Waals surface area contributed by atoms with Gasteiger partial charge in [0.15, 0.2) is 0 Å². The Balaban J connectivity index is 2.81. The Hall–Kier alpha value is -0.110. The number of fused-ring (bicyclic) bond motifs is 1. The third kappa shape index (κ3) is 1.88. The highest BCUT2D eigenvalue weighted by molar-refractivity contribution is 14.1. The van der Waals surface area contributed by atoms with Crippen molar-refractivity contribution in [3.8, 4) is 0 Å². The van der Waals surface area contributed by atoms with Crippen LogP contribution >= 0.6 is 45.2 Å². The van der Waals surface area contributed by atoms with Crippen LogP contribution in [0, 0.1) is 7.14 Å². The standard InChI is InChI=1S/C9H6I2N2/c10-6-2-1-5-3-7(11)9(12)13-8(5)4-6/h1-4H,(H2,12,13). The van der Waals surface area contributed by atoms with Gasteiger partial charge in [-0.3, -0.25) is 0 Å². The van der Waals surface area contributed by atoms with Crippen molar-refractivity contribution in [1.29, 1.82) is 0 Å². The minimum Gasteiger partial charge on any atom is -0.383 e. The number of aromatic nitrogens is 1. The molecule has 0 spiro atoms. The van der Waals surface area contributed by atoms with Crippen LogP contribution in [0.15, 0.2) is 24.3 Å². The van der Waals surface area contributed by atoms with Gasteiger partial charge in [0.2, 0.25) is 0 Å². The predicted octanol–water partition coefficient (Wildman–Crippen LogP) is 3.03. The largest absolute Gasteiger partial charge is 0.383 e. The Morgan fingerprint density at radius 1 is 1.15 bits per heavy atom. The maximum Gasteiger partial charge on any atom is 0.137 e. The monoisotopic (exact) mass is 396 g/mol. The molecular formula is C9H6I2N2. The van der Waals surface area contributed by atoms with Crippen LogP contribution in [0.3, 0.4) is 0 Å². The molecule has 1 aromatic carbocycles. The van der Waals surface area contributed by atoms with E-state index in [1.807, 2.05) is 12.1 Å². The zero-order valence-electron chi connectivity index (χ0n) is 6.59. The molecule has 13 heavy (non-hydrogen) atoms. The summed E-state index contributed by atoms with van der Waals surface area (Å²) in [4.78, 5) is 4.30. The lowest BCUT2D eigenvalue weighted by Gasteiger charge is -2.01. The number of halogens is 2. The van der Waals surface area contributed by atoms with Crippen molar-refractivity contribution in [2.24, 2.45) is 0 Å². The maximum absolute atomic E-state index is 5.71. The Labute approximate surface area is 103 Å². The number of nitrogen functional groups attached to an aromatic ring is 1. The van der Waals surface area contributed by atoms with E-state index in [9.17, 15) is 0 Å². The molecule has 0 fully saturated rings. The van der Waals surface area contributed by atoms with Crippen LogP contribution in [-0.4, -0.2) is 4.98 Å². The van der Waals surface area contributed by atoms with Gasteiger partial charge >= 0.3 is 0 Å². The lowest BCUT2D eigenvalue weighted by molar-refractivity contribution is 1.39. The molecule has 1 heterocycles. The molecule has 0 amide bonds. The smallest absolute Gasteiger partial charge is 0.137 e. The summed E-state index contributed by atoms with van der Waals surface area (Å²) >= 11 is 4.46. The van der Waals surface area contributed by atoms with Crippen molar-refractivity contribution >= 4 is 61.9 Å². The third-order valence-corrected chi connectivity index (χ3v) is 3.30. The molecule has 0 aliphatic rings. The van der Waals surface area contributed by atoms with Crippen molar-refractivity contribution in [2.75, 3.05) is 5.73 Å². The average Bonchev–Trinajstić information content (AvgIpc) is 2.08. The average molecular weight is 396 g/mol. The molecular weight excluding hydrogens is 390 g/mol. The lowest BCUT2D eigenvalue weighted by Crippen LogP contribution is -1.94. The molecule has 0 aliphatic carbocycles. The van der Waals surface area contributed by atoms with E-state index < -0.39 is 0 Å². The minimum atomic E-state index is 0.607. The van der Waals surface area contributed by atoms with Gasteiger partial charge in [-0.2, -0.15) is 0 Å². The summed E-state index contributed by atoms with van der Waals surface area (Å²) < 4.78 is 2.18. The molecule has 2 aromatic rings. The van der Waals surface area contributed by atoms with E-state index in [0.29, 0.717) is 5.82 Å². The lowest BCUT2D eigenvalue weighted by atomic mass is 10.2. The van der Waals surface area contributed by atoms with E-state index in [2.05, 4.69) is 62.3 Å². The van der Waals surface area contributed by atoms with Crippen LogP contribution in [0.5, 0.6) is 0 Å². The Morgan fingerprint density at radius 3 is 2.69 bits per heavy atom. The van der Waals surface area contributed by atoms with Gasteiger partial charge in [-0.25, -0.2) is 4.98 Å². The number of pyridine rings is 1. The number of nitrogens with zero attached hydrogens (tertiary/aromatic N) is 1. The quantitative estimate of drug-likeness (QED) is 0.696. The summed E-state index contributed by atoms with van der Waals surface area (Å²) in [5.74, 6) is 0.607. The Bertz CT molecular complexity index is 468. The van der Waals surface area contributed by atoms with Gasteiger partial charge in [0, 0.05) is 8.96 Å². The first-order valence-electron chi connectivity index (χ1n) is 3.68. The normalized spacial score (nSPS) is 10.6. The molecule has 2 N–H and O–H groups in total. The molecule has 0 atom stereocenters. The second-order valence-electron chi connectivity index (χ2n) is 2.69. The van der Waals surface area contributed by atoms with E-state index in [0.717, 1.165) is 14.5 Å². The number of benzene rings is 1. The molecule has 0 saturated carbocycles. The van der Waals surface area contributed by atoms with E-state index in [-0.39, 0.29) is 0 Å². The number of hydrogen-bond acceptors (Lipinski definition) is 2. The van der Waals surface area contributed by atoms with Gasteiger partial charge in [-0.05, 0) is 63.4 Å². The molecule has 0 radical (unpaired) electrons. The molecule has 0 aliphatic heterocycles. The first kappa shape index (κ1) is 9.45. The predicted molar refractivity (Wildman–Crippen MR) is 71.6 cm³/mol. The fourth-order valence-corrected chi connectivity index (χ4v) is 2.06. The van der Waals surface area contributed by atoms with Crippen LogP contribution in [0.1, 0.15) is 0 Å². The second kappa shape index (κ2) is 3.56. The molecule has 4 heteroatoms. The highest BCUT2D eigenvalue weighted by atomic mass is 127. The topological polar surface area (TPSA) is 38.9 Å². The molecule has 2 nitrogen and oxygen atoms in total. The van der Waals surface area contributed by atoms with Gasteiger partial charge < -0.3 is 5.73 Å². The van der Waals surface area contributed by atoms with Crippen LogP contribution in [-0.2, 0) is 0 Å². The van der Waals surface area contributed by atoms with Gasteiger partial charge in [-0.15, -0.1) is 0 Å². The number of hydrogen-bond donors (Lipinski definition) is 1. The number of nitrogens with two attached hydrogens (primary N) is 1. The van der Waals surface area contributed by atoms with Crippen molar-refractivity contribution in [1.82, 2.24) is 4.98 Å². The maximum atomic E-state index is 5.71. The van der Waals surface area contributed by atoms with Gasteiger partial charge in [-0.1, -0.05) is 6.07 Å². The van der Waals surface area contributed by atoms with Crippen LogP contribution in [0.2, 0.25) is 0 Å². The van der Waals surface area contributed by atoms with Gasteiger partial charge in [0.1, 0.15) is 5.82 Å². The first-order chi connectivity index (χ1) is 6.16. The fourth-order valence-electron chi connectivity index (χ4n) is 1.13. The second-order valence-corrected chi connectivity index (χ2v) is 5.10. The SMILES string of the molecule is Nc1nc2cc(I)ccc2cc1I. The van der Waals surface area contributed by atoms with Crippen LogP contribution in [0.4, 0.5) is 5.82 Å². The van der Waals surface area contributed by atoms with Crippen LogP contribution in [0.25, 0.3) is 10.9 Å². The zero-order chi connectivity index (χ0) is 9.42. The Kier molecular flexibility index (Phi) is 2.59. The zero-order valence-corrected chi connectivity index (χ0v) is 10.9. The molecule has 66 valence electrons. The molecule has 1 aromatic heterocycles. The first-order valence-corrected chi connectivity index (χ1v) is 5.84. The van der Waals surface area contributed by atoms with Gasteiger partial charge in [0.25, 0.3) is 0 Å². The summed E-state index contributed by atoms with van der Waals surface area (Å²) in [5.41, 5.74) is 6.68. The minimum absolute atomic E-state index is 0.607. The Morgan fingerprint density at radius 2 is 1.92 bits per heavy atom. The summed E-state index contributed by atoms with van der Waals surface area (Å²) in [5, 5.41) is 1.14. The van der Waals surface area contributed by atoms with Gasteiger partial charge in [0.05, 0.1) is 9.09 Å². The third-order valence-electron chi connectivity index (χ3n) is 1.76. The van der Waals surface area contributed by atoms with Crippen molar-refractivity contribution in [3.05, 3.63) is 31.4 Å². The molecule has 0 saturated heterocycles. The van der Waals surface area contributed by atoms with Crippen molar-refractivity contribution in [3.63, 3.8) is 0 Å². The highest BCUT2D eigenvalue weighted by Gasteiger charge is 2.00. The summed E-state index contributed by atoms with van der Waals surface area (Å²) in [6.07, 6.45) is 0. The number of anilines is 1.